The second-order valence-electron chi connectivity index (χ2n) is 5.84. The van der Waals surface area contributed by atoms with Crippen molar-refractivity contribution in [2.24, 2.45) is 0 Å². The number of benzene rings is 1. The molecule has 0 atom stereocenters. The molecule has 2 heterocycles. The Labute approximate surface area is 137 Å². The van der Waals surface area contributed by atoms with Crippen LogP contribution in [0.5, 0.6) is 0 Å². The van der Waals surface area contributed by atoms with E-state index in [4.69, 9.17) is 11.6 Å². The number of rotatable bonds is 3. The van der Waals surface area contributed by atoms with Crippen LogP contribution < -0.4 is 0 Å². The Morgan fingerprint density at radius 2 is 2.04 bits per heavy atom. The minimum absolute atomic E-state index is 0.320. The number of hydrogen-bond donors (Lipinski definition) is 0. The zero-order valence-corrected chi connectivity index (χ0v) is 13.3. The summed E-state index contributed by atoms with van der Waals surface area (Å²) >= 11 is 6.19. The average Bonchev–Trinajstić information content (AvgIpc) is 3.28. The van der Waals surface area contributed by atoms with Crippen molar-refractivity contribution in [1.29, 1.82) is 0 Å². The molecule has 1 fully saturated rings. The van der Waals surface area contributed by atoms with Gasteiger partial charge in [0.1, 0.15) is 11.0 Å². The van der Waals surface area contributed by atoms with Crippen LogP contribution in [0.1, 0.15) is 30.1 Å². The number of hydrogen-bond acceptors (Lipinski definition) is 3. The topological polar surface area (TPSA) is 43.6 Å². The summed E-state index contributed by atoms with van der Waals surface area (Å²) in [4.78, 5) is 4.40. The van der Waals surface area contributed by atoms with Gasteiger partial charge in [0, 0.05) is 23.2 Å². The third kappa shape index (κ3) is 2.84. The van der Waals surface area contributed by atoms with Crippen molar-refractivity contribution in [1.82, 2.24) is 20.0 Å². The largest absolute Gasteiger partial charge is 0.241 e. The Hall–Kier alpha value is -2.27. The molecule has 0 N–H and O–H groups in total. The van der Waals surface area contributed by atoms with Crippen LogP contribution in [0.3, 0.4) is 0 Å². The van der Waals surface area contributed by atoms with Gasteiger partial charge in [0.2, 0.25) is 0 Å². The second kappa shape index (κ2) is 5.42. The van der Waals surface area contributed by atoms with Gasteiger partial charge in [0.25, 0.3) is 0 Å². The number of nitrogens with zero attached hydrogens (tertiary/aromatic N) is 4. The van der Waals surface area contributed by atoms with E-state index >= 15 is 0 Å². The first kappa shape index (κ1) is 14.3. The molecule has 23 heavy (non-hydrogen) atoms. The van der Waals surface area contributed by atoms with Gasteiger partial charge >= 0.3 is 0 Å². The Morgan fingerprint density at radius 1 is 1.22 bits per heavy atom. The summed E-state index contributed by atoms with van der Waals surface area (Å²) in [7, 11) is 0. The SMILES string of the molecule is Cc1cn(-c2cc(F)ccc2-c2cc(Cl)nc(C3CC3)c2)nn1. The highest BCUT2D eigenvalue weighted by Crippen LogP contribution is 2.41. The molecule has 6 heteroatoms. The maximum Gasteiger partial charge on any atom is 0.129 e. The Kier molecular flexibility index (Phi) is 3.38. The summed E-state index contributed by atoms with van der Waals surface area (Å²) in [5.41, 5.74) is 4.16. The maximum absolute atomic E-state index is 13.8. The number of aryl methyl sites for hydroxylation is 1. The van der Waals surface area contributed by atoms with E-state index in [0.717, 1.165) is 35.4 Å². The summed E-state index contributed by atoms with van der Waals surface area (Å²) in [6.07, 6.45) is 4.06. The molecular weight excluding hydrogens is 315 g/mol. The van der Waals surface area contributed by atoms with Crippen molar-refractivity contribution in [3.8, 4) is 16.8 Å². The quantitative estimate of drug-likeness (QED) is 0.673. The summed E-state index contributed by atoms with van der Waals surface area (Å²) in [6, 6.07) is 8.46. The molecular formula is C17H14ClFN4. The molecule has 0 saturated heterocycles. The first-order chi connectivity index (χ1) is 11.1. The molecule has 0 amide bonds. The molecule has 3 aromatic rings. The first-order valence-electron chi connectivity index (χ1n) is 7.47. The lowest BCUT2D eigenvalue weighted by Gasteiger charge is -2.11. The molecule has 0 unspecified atom stereocenters. The molecule has 0 spiro atoms. The van der Waals surface area contributed by atoms with Gasteiger partial charge < -0.3 is 0 Å². The fourth-order valence-electron chi connectivity index (χ4n) is 2.66. The molecule has 0 aliphatic heterocycles. The first-order valence-corrected chi connectivity index (χ1v) is 7.85. The third-order valence-electron chi connectivity index (χ3n) is 3.94. The van der Waals surface area contributed by atoms with Gasteiger partial charge in [-0.25, -0.2) is 14.1 Å². The lowest BCUT2D eigenvalue weighted by atomic mass is 10.0. The second-order valence-corrected chi connectivity index (χ2v) is 6.23. The monoisotopic (exact) mass is 328 g/mol. The van der Waals surface area contributed by atoms with Crippen LogP contribution in [0.15, 0.2) is 36.5 Å². The van der Waals surface area contributed by atoms with Crippen LogP contribution >= 0.6 is 11.6 Å². The predicted octanol–water partition coefficient (Wildman–Crippen LogP) is 4.31. The minimum atomic E-state index is -0.320. The van der Waals surface area contributed by atoms with Gasteiger partial charge in [0.15, 0.2) is 0 Å². The van der Waals surface area contributed by atoms with E-state index in [1.165, 1.54) is 12.1 Å². The standard InChI is InChI=1S/C17H14ClFN4/c1-10-9-23(22-21-10)16-8-13(19)4-5-14(16)12-6-15(11-2-3-11)20-17(18)7-12/h4-9,11H,2-3H2,1H3. The van der Waals surface area contributed by atoms with E-state index in [2.05, 4.69) is 15.3 Å². The Morgan fingerprint density at radius 3 is 2.74 bits per heavy atom. The van der Waals surface area contributed by atoms with Gasteiger partial charge in [-0.1, -0.05) is 16.8 Å². The molecule has 1 saturated carbocycles. The molecule has 1 aromatic carbocycles. The van der Waals surface area contributed by atoms with Crippen LogP contribution in [0.4, 0.5) is 4.39 Å². The molecule has 1 aliphatic carbocycles. The summed E-state index contributed by atoms with van der Waals surface area (Å²) in [6.45, 7) is 1.84. The summed E-state index contributed by atoms with van der Waals surface area (Å²) in [5.74, 6) is 0.171. The highest BCUT2D eigenvalue weighted by Gasteiger charge is 2.26. The normalized spacial score (nSPS) is 14.2. The summed E-state index contributed by atoms with van der Waals surface area (Å²) < 4.78 is 15.3. The van der Waals surface area contributed by atoms with Crippen molar-refractivity contribution in [3.63, 3.8) is 0 Å². The van der Waals surface area contributed by atoms with Crippen molar-refractivity contribution < 1.29 is 4.39 Å². The van der Waals surface area contributed by atoms with Crippen LogP contribution in [-0.4, -0.2) is 20.0 Å². The molecule has 4 rings (SSSR count). The van der Waals surface area contributed by atoms with Crippen LogP contribution in [0, 0.1) is 12.7 Å². The van der Waals surface area contributed by atoms with Gasteiger partial charge in [-0.2, -0.15) is 0 Å². The average molecular weight is 329 g/mol. The van der Waals surface area contributed by atoms with E-state index in [9.17, 15) is 4.39 Å². The molecule has 2 aromatic heterocycles. The smallest absolute Gasteiger partial charge is 0.129 e. The molecule has 4 nitrogen and oxygen atoms in total. The number of aromatic nitrogens is 4. The van der Waals surface area contributed by atoms with Gasteiger partial charge in [-0.05, 0) is 49.6 Å². The summed E-state index contributed by atoms with van der Waals surface area (Å²) in [5, 5.41) is 8.49. The molecule has 0 bridgehead atoms. The van der Waals surface area contributed by atoms with E-state index < -0.39 is 0 Å². The van der Waals surface area contributed by atoms with Crippen LogP contribution in [0.25, 0.3) is 16.8 Å². The van der Waals surface area contributed by atoms with Crippen molar-refractivity contribution in [3.05, 3.63) is 58.9 Å². The molecule has 0 radical (unpaired) electrons. The fraction of sp³-hybridized carbons (Fsp3) is 0.235. The molecule has 1 aliphatic rings. The van der Waals surface area contributed by atoms with E-state index in [0.29, 0.717) is 16.8 Å². The molecule has 116 valence electrons. The highest BCUT2D eigenvalue weighted by atomic mass is 35.5. The van der Waals surface area contributed by atoms with Gasteiger partial charge in [-0.15, -0.1) is 5.10 Å². The van der Waals surface area contributed by atoms with Gasteiger partial charge in [0.05, 0.1) is 17.6 Å². The Bertz CT molecular complexity index is 886. The predicted molar refractivity (Wildman–Crippen MR) is 86.3 cm³/mol. The van der Waals surface area contributed by atoms with Crippen molar-refractivity contribution >= 4 is 11.6 Å². The van der Waals surface area contributed by atoms with Gasteiger partial charge in [-0.3, -0.25) is 0 Å². The zero-order valence-electron chi connectivity index (χ0n) is 12.5. The lowest BCUT2D eigenvalue weighted by Crippen LogP contribution is -2.00. The highest BCUT2D eigenvalue weighted by molar-refractivity contribution is 6.29. The zero-order chi connectivity index (χ0) is 16.0. The Balaban J connectivity index is 1.89. The third-order valence-corrected chi connectivity index (χ3v) is 4.13. The number of pyridine rings is 1. The van der Waals surface area contributed by atoms with Crippen molar-refractivity contribution in [2.45, 2.75) is 25.7 Å². The van der Waals surface area contributed by atoms with Crippen molar-refractivity contribution in [2.75, 3.05) is 0 Å². The van der Waals surface area contributed by atoms with Crippen LogP contribution in [-0.2, 0) is 0 Å². The lowest BCUT2D eigenvalue weighted by molar-refractivity contribution is 0.625. The minimum Gasteiger partial charge on any atom is -0.241 e. The van der Waals surface area contributed by atoms with E-state index in [-0.39, 0.29) is 5.82 Å². The van der Waals surface area contributed by atoms with Crippen LogP contribution in [0.2, 0.25) is 5.15 Å². The van der Waals surface area contributed by atoms with E-state index in [1.807, 2.05) is 13.0 Å². The maximum atomic E-state index is 13.8. The number of halogens is 2. The fourth-order valence-corrected chi connectivity index (χ4v) is 2.88. The van der Waals surface area contributed by atoms with E-state index in [1.54, 1.807) is 23.0 Å².